The van der Waals surface area contributed by atoms with E-state index in [0.717, 1.165) is 39.2 Å². The molecule has 1 aromatic rings. The molecule has 0 fully saturated rings. The molecule has 2 N–H and O–H groups in total. The number of hydrogen-bond donors (Lipinski definition) is 2. The largest absolute Gasteiger partial charge is 0.372 e. The summed E-state index contributed by atoms with van der Waals surface area (Å²) >= 11 is 0. The molecule has 4 aliphatic heterocycles. The van der Waals surface area contributed by atoms with Gasteiger partial charge >= 0.3 is 0 Å². The maximum atomic E-state index is 12.2. The molecule has 1 unspecified atom stereocenters. The van der Waals surface area contributed by atoms with Crippen LogP contribution in [0.25, 0.3) is 12.2 Å². The SMILES string of the molecule is O=C1C=C2C=C3C=CC(=N3)C=c3ccc([nH]3)=CC3=NC(=CC1N2)C=C3.[Re]. The summed E-state index contributed by atoms with van der Waals surface area (Å²) in [5.74, 6) is 0.0241. The van der Waals surface area contributed by atoms with Crippen LogP contribution >= 0.6 is 0 Å². The monoisotopic (exact) mass is 513 g/mol. The molecule has 0 saturated heterocycles. The van der Waals surface area contributed by atoms with Crippen molar-refractivity contribution in [3.05, 3.63) is 82.5 Å². The van der Waals surface area contributed by atoms with E-state index in [2.05, 4.69) is 20.3 Å². The molecular formula is C20H14N4ORe. The fourth-order valence-corrected chi connectivity index (χ4v) is 3.11. The van der Waals surface area contributed by atoms with Crippen molar-refractivity contribution in [3.63, 3.8) is 0 Å². The number of fused-ring (bicyclic) bond motifs is 6. The third-order valence-electron chi connectivity index (χ3n) is 4.27. The van der Waals surface area contributed by atoms with E-state index in [0.29, 0.717) is 0 Å². The van der Waals surface area contributed by atoms with Gasteiger partial charge in [-0.15, -0.1) is 0 Å². The summed E-state index contributed by atoms with van der Waals surface area (Å²) in [5.41, 5.74) is 4.09. The van der Waals surface area contributed by atoms with Gasteiger partial charge in [-0.2, -0.15) is 0 Å². The molecule has 0 spiro atoms. The molecule has 4 aliphatic rings. The Bertz CT molecular complexity index is 1140. The average Bonchev–Trinajstić information content (AvgIpc) is 3.33. The molecule has 5 nitrogen and oxygen atoms in total. The minimum absolute atomic E-state index is 0. The summed E-state index contributed by atoms with van der Waals surface area (Å²) in [4.78, 5) is 24.7. The van der Waals surface area contributed by atoms with Crippen molar-refractivity contribution in [1.82, 2.24) is 10.3 Å². The number of nitrogens with one attached hydrogen (secondary N) is 2. The number of ketones is 1. The van der Waals surface area contributed by atoms with Crippen LogP contribution in [-0.2, 0) is 25.2 Å². The molecule has 0 saturated carbocycles. The number of rotatable bonds is 0. The second-order valence-electron chi connectivity index (χ2n) is 6.18. The van der Waals surface area contributed by atoms with Crippen molar-refractivity contribution in [2.75, 3.05) is 0 Å². The van der Waals surface area contributed by atoms with Gasteiger partial charge in [0.25, 0.3) is 0 Å². The molecule has 1 atom stereocenters. The Morgan fingerprint density at radius 2 is 1.46 bits per heavy atom. The van der Waals surface area contributed by atoms with Gasteiger partial charge in [-0.25, -0.2) is 9.98 Å². The Labute approximate surface area is 163 Å². The van der Waals surface area contributed by atoms with Gasteiger partial charge in [0.15, 0.2) is 5.78 Å². The number of allylic oxidation sites excluding steroid dienone is 5. The van der Waals surface area contributed by atoms with Crippen LogP contribution in [-0.4, -0.2) is 28.2 Å². The molecule has 1 radical (unpaired) electrons. The third-order valence-corrected chi connectivity index (χ3v) is 4.27. The van der Waals surface area contributed by atoms with Gasteiger partial charge in [-0.1, -0.05) is 0 Å². The van der Waals surface area contributed by atoms with Crippen LogP contribution in [0.15, 0.2) is 81.7 Å². The zero-order valence-corrected chi connectivity index (χ0v) is 16.3. The number of aromatic amines is 1. The van der Waals surface area contributed by atoms with Crippen LogP contribution in [0.4, 0.5) is 0 Å². The standard InChI is InChI=1S/C20H14N4O.Re/c25-20-11-18-9-16-4-3-14(22-16)7-12-1-2-13(21-12)8-15-5-6-17(23-15)10-19(20)24-18;/h1-11,19,21,24H;. The zero-order valence-electron chi connectivity index (χ0n) is 13.6. The molecule has 8 bridgehead atoms. The van der Waals surface area contributed by atoms with Gasteiger partial charge in [-0.05, 0) is 60.7 Å². The summed E-state index contributed by atoms with van der Waals surface area (Å²) in [6.45, 7) is 0. The predicted molar refractivity (Wildman–Crippen MR) is 98.3 cm³/mol. The van der Waals surface area contributed by atoms with Crippen molar-refractivity contribution < 1.29 is 25.2 Å². The van der Waals surface area contributed by atoms with Crippen molar-refractivity contribution in [2.24, 2.45) is 9.98 Å². The first kappa shape index (κ1) is 16.6. The molecular weight excluding hydrogens is 498 g/mol. The summed E-state index contributed by atoms with van der Waals surface area (Å²) in [6, 6.07) is 3.64. The third kappa shape index (κ3) is 3.17. The number of aliphatic imine (C=N–C) groups is 2. The van der Waals surface area contributed by atoms with Gasteiger partial charge < -0.3 is 10.3 Å². The maximum absolute atomic E-state index is 12.2. The first-order valence-corrected chi connectivity index (χ1v) is 8.09. The van der Waals surface area contributed by atoms with E-state index in [1.165, 1.54) is 0 Å². The molecule has 0 aliphatic carbocycles. The summed E-state index contributed by atoms with van der Waals surface area (Å²) in [7, 11) is 0. The normalized spacial score (nSPS) is 22.2. The van der Waals surface area contributed by atoms with E-state index < -0.39 is 0 Å². The molecule has 26 heavy (non-hydrogen) atoms. The topological polar surface area (TPSA) is 69.6 Å². The van der Waals surface area contributed by atoms with E-state index in [-0.39, 0.29) is 32.2 Å². The average molecular weight is 513 g/mol. The molecule has 127 valence electrons. The Morgan fingerprint density at radius 3 is 2.19 bits per heavy atom. The predicted octanol–water partition coefficient (Wildman–Crippen LogP) is 0.801. The van der Waals surface area contributed by atoms with E-state index in [9.17, 15) is 4.79 Å². The van der Waals surface area contributed by atoms with Crippen LogP contribution in [0.5, 0.6) is 0 Å². The van der Waals surface area contributed by atoms with Crippen molar-refractivity contribution in [2.45, 2.75) is 6.04 Å². The molecule has 5 rings (SSSR count). The fraction of sp³-hybridized carbons (Fsp3) is 0.0500. The van der Waals surface area contributed by atoms with Crippen LogP contribution in [0.3, 0.4) is 0 Å². The van der Waals surface area contributed by atoms with Crippen molar-refractivity contribution >= 4 is 29.4 Å². The molecule has 1 aromatic heterocycles. The number of H-pyrrole nitrogens is 1. The smallest absolute Gasteiger partial charge is 0.183 e. The maximum Gasteiger partial charge on any atom is 0.183 e. The summed E-state index contributed by atoms with van der Waals surface area (Å²) in [6.07, 6.45) is 17.1. The number of carbonyl (C=O) groups excluding carboxylic acids is 1. The molecule has 0 aromatic carbocycles. The van der Waals surface area contributed by atoms with E-state index >= 15 is 0 Å². The first-order valence-electron chi connectivity index (χ1n) is 8.09. The summed E-state index contributed by atoms with van der Waals surface area (Å²) in [5, 5.41) is 5.17. The van der Waals surface area contributed by atoms with Crippen LogP contribution in [0.2, 0.25) is 0 Å². The van der Waals surface area contributed by atoms with Crippen molar-refractivity contribution in [3.8, 4) is 0 Å². The van der Waals surface area contributed by atoms with Gasteiger partial charge in [0.1, 0.15) is 6.04 Å². The zero-order chi connectivity index (χ0) is 16.8. The Morgan fingerprint density at radius 1 is 0.808 bits per heavy atom. The van der Waals surface area contributed by atoms with Crippen LogP contribution in [0, 0.1) is 0 Å². The number of carbonyl (C=O) groups is 1. The number of nitrogens with zero attached hydrogens (tertiary/aromatic N) is 2. The molecule has 0 amide bonds. The Balaban J connectivity index is 0.00000168. The quantitative estimate of drug-likeness (QED) is 0.540. The van der Waals surface area contributed by atoms with Crippen LogP contribution < -0.4 is 16.0 Å². The van der Waals surface area contributed by atoms with E-state index in [4.69, 9.17) is 0 Å². The van der Waals surface area contributed by atoms with Crippen LogP contribution in [0.1, 0.15) is 0 Å². The van der Waals surface area contributed by atoms with Crippen molar-refractivity contribution in [1.29, 1.82) is 0 Å². The van der Waals surface area contributed by atoms with E-state index in [1.54, 1.807) is 6.08 Å². The first-order chi connectivity index (χ1) is 12.2. The minimum Gasteiger partial charge on any atom is -0.372 e. The van der Waals surface area contributed by atoms with Gasteiger partial charge in [0.2, 0.25) is 0 Å². The number of hydrogen-bond acceptors (Lipinski definition) is 4. The van der Waals surface area contributed by atoms with Gasteiger partial charge in [0, 0.05) is 42.9 Å². The Kier molecular flexibility index (Phi) is 4.16. The second-order valence-corrected chi connectivity index (χ2v) is 6.18. The second kappa shape index (κ2) is 6.49. The van der Waals surface area contributed by atoms with E-state index in [1.807, 2.05) is 60.7 Å². The number of aromatic nitrogens is 1. The Hall–Kier alpha value is -2.81. The summed E-state index contributed by atoms with van der Waals surface area (Å²) < 4.78 is 0. The fourth-order valence-electron chi connectivity index (χ4n) is 3.11. The molecule has 6 heteroatoms. The van der Waals surface area contributed by atoms with Gasteiger partial charge in [-0.3, -0.25) is 4.79 Å². The molecule has 5 heterocycles. The van der Waals surface area contributed by atoms with Gasteiger partial charge in [0.05, 0.1) is 22.8 Å². The minimum atomic E-state index is -0.389.